The van der Waals surface area contributed by atoms with E-state index in [-0.39, 0.29) is 0 Å². The zero-order valence-corrected chi connectivity index (χ0v) is 13.2. The van der Waals surface area contributed by atoms with Gasteiger partial charge in [0.1, 0.15) is 11.9 Å². The molecule has 0 saturated carbocycles. The van der Waals surface area contributed by atoms with Crippen LogP contribution in [-0.2, 0) is 6.42 Å². The third-order valence-corrected chi connectivity index (χ3v) is 3.87. The Morgan fingerprint density at radius 3 is 2.74 bits per heavy atom. The number of furan rings is 1. The van der Waals surface area contributed by atoms with Gasteiger partial charge in [-0.25, -0.2) is 15.0 Å². The fourth-order valence-corrected chi connectivity index (χ4v) is 2.83. The highest BCUT2D eigenvalue weighted by Crippen LogP contribution is 2.30. The van der Waals surface area contributed by atoms with Crippen LogP contribution in [0.25, 0.3) is 33.3 Å². The number of hydrogen-bond acceptors (Lipinski definition) is 4. The summed E-state index contributed by atoms with van der Waals surface area (Å²) in [7, 11) is 0. The van der Waals surface area contributed by atoms with Crippen LogP contribution in [0.2, 0.25) is 0 Å². The monoisotopic (exact) mass is 303 g/mol. The summed E-state index contributed by atoms with van der Waals surface area (Å²) in [6.45, 7) is 4.38. The molecular formula is C19H17N3O. The summed E-state index contributed by atoms with van der Waals surface area (Å²) in [4.78, 5) is 13.2. The van der Waals surface area contributed by atoms with E-state index in [4.69, 9.17) is 4.42 Å². The summed E-state index contributed by atoms with van der Waals surface area (Å²) in [5, 5.41) is 2.09. The molecule has 114 valence electrons. The fraction of sp³-hybridized carbons (Fsp3) is 0.211. The molecule has 0 saturated heterocycles. The quantitative estimate of drug-likeness (QED) is 0.553. The summed E-state index contributed by atoms with van der Waals surface area (Å²) in [6.07, 6.45) is 4.39. The van der Waals surface area contributed by atoms with Crippen molar-refractivity contribution in [2.75, 3.05) is 0 Å². The van der Waals surface area contributed by atoms with E-state index in [0.717, 1.165) is 39.7 Å². The van der Waals surface area contributed by atoms with Crippen LogP contribution in [0.1, 0.15) is 19.5 Å². The predicted molar refractivity (Wildman–Crippen MR) is 91.1 cm³/mol. The zero-order valence-electron chi connectivity index (χ0n) is 13.2. The molecule has 1 aromatic carbocycles. The Bertz CT molecular complexity index is 988. The highest BCUT2D eigenvalue weighted by atomic mass is 16.3. The van der Waals surface area contributed by atoms with Gasteiger partial charge in [-0.05, 0) is 30.5 Å². The van der Waals surface area contributed by atoms with Gasteiger partial charge in [0.05, 0.1) is 5.69 Å². The zero-order chi connectivity index (χ0) is 15.8. The van der Waals surface area contributed by atoms with Crippen LogP contribution in [0.5, 0.6) is 0 Å². The standard InChI is InChI=1S/C19H17N3O/c1-12(2)7-14-9-17(22-11-21-14)13-8-16-15-5-3-4-6-18(15)23-19(16)20-10-13/h3-6,8-12H,7H2,1-2H3. The number of fused-ring (bicyclic) bond motifs is 3. The molecule has 0 aliphatic heterocycles. The Balaban J connectivity index is 1.84. The van der Waals surface area contributed by atoms with Gasteiger partial charge in [-0.3, -0.25) is 0 Å². The number of benzene rings is 1. The van der Waals surface area contributed by atoms with E-state index in [1.54, 1.807) is 6.33 Å². The molecule has 3 heterocycles. The number of aromatic nitrogens is 3. The minimum Gasteiger partial charge on any atom is -0.438 e. The van der Waals surface area contributed by atoms with Gasteiger partial charge in [-0.15, -0.1) is 0 Å². The Morgan fingerprint density at radius 1 is 1.00 bits per heavy atom. The molecule has 0 N–H and O–H groups in total. The van der Waals surface area contributed by atoms with Crippen LogP contribution < -0.4 is 0 Å². The first-order chi connectivity index (χ1) is 11.2. The van der Waals surface area contributed by atoms with Gasteiger partial charge in [-0.2, -0.15) is 0 Å². The van der Waals surface area contributed by atoms with Crippen molar-refractivity contribution in [1.29, 1.82) is 0 Å². The lowest BCUT2D eigenvalue weighted by molar-refractivity contribution is 0.634. The summed E-state index contributed by atoms with van der Waals surface area (Å²) in [6, 6.07) is 12.1. The normalized spacial score (nSPS) is 11.6. The maximum absolute atomic E-state index is 5.78. The molecule has 0 fully saturated rings. The second-order valence-corrected chi connectivity index (χ2v) is 6.17. The van der Waals surface area contributed by atoms with Gasteiger partial charge in [0, 0.05) is 28.2 Å². The Labute approximate surface area is 134 Å². The summed E-state index contributed by atoms with van der Waals surface area (Å²) >= 11 is 0. The molecule has 0 atom stereocenters. The van der Waals surface area contributed by atoms with Gasteiger partial charge in [0.2, 0.25) is 5.71 Å². The third kappa shape index (κ3) is 2.57. The molecule has 4 heteroatoms. The first-order valence-corrected chi connectivity index (χ1v) is 7.79. The van der Waals surface area contributed by atoms with E-state index in [9.17, 15) is 0 Å². The van der Waals surface area contributed by atoms with Crippen molar-refractivity contribution in [3.63, 3.8) is 0 Å². The smallest absolute Gasteiger partial charge is 0.227 e. The van der Waals surface area contributed by atoms with Crippen LogP contribution in [0.15, 0.2) is 53.3 Å². The molecular weight excluding hydrogens is 286 g/mol. The van der Waals surface area contributed by atoms with E-state index in [0.29, 0.717) is 11.6 Å². The lowest BCUT2D eigenvalue weighted by Crippen LogP contribution is -1.98. The Hall–Kier alpha value is -2.75. The number of pyridine rings is 1. The van der Waals surface area contributed by atoms with Crippen molar-refractivity contribution in [1.82, 2.24) is 15.0 Å². The van der Waals surface area contributed by atoms with Gasteiger partial charge in [-0.1, -0.05) is 32.0 Å². The van der Waals surface area contributed by atoms with Crippen molar-refractivity contribution >= 4 is 22.1 Å². The summed E-state index contributed by atoms with van der Waals surface area (Å²) in [5.41, 5.74) is 4.45. The van der Waals surface area contributed by atoms with E-state index in [2.05, 4.69) is 40.9 Å². The molecule has 0 unspecified atom stereocenters. The minimum atomic E-state index is 0.566. The molecule has 0 bridgehead atoms. The van der Waals surface area contributed by atoms with Crippen molar-refractivity contribution in [2.24, 2.45) is 5.92 Å². The van der Waals surface area contributed by atoms with Gasteiger partial charge < -0.3 is 4.42 Å². The molecule has 23 heavy (non-hydrogen) atoms. The van der Waals surface area contributed by atoms with Gasteiger partial charge in [0.15, 0.2) is 0 Å². The maximum atomic E-state index is 5.78. The highest BCUT2D eigenvalue weighted by molar-refractivity contribution is 6.04. The van der Waals surface area contributed by atoms with Crippen LogP contribution in [0.3, 0.4) is 0 Å². The third-order valence-electron chi connectivity index (χ3n) is 3.87. The minimum absolute atomic E-state index is 0.566. The average Bonchev–Trinajstić information content (AvgIpc) is 2.92. The molecule has 3 aromatic heterocycles. The number of rotatable bonds is 3. The largest absolute Gasteiger partial charge is 0.438 e. The fourth-order valence-electron chi connectivity index (χ4n) is 2.83. The topological polar surface area (TPSA) is 51.8 Å². The maximum Gasteiger partial charge on any atom is 0.227 e. The average molecular weight is 303 g/mol. The molecule has 0 spiro atoms. The second kappa shape index (κ2) is 5.47. The Morgan fingerprint density at radius 2 is 1.87 bits per heavy atom. The lowest BCUT2D eigenvalue weighted by atomic mass is 10.1. The summed E-state index contributed by atoms with van der Waals surface area (Å²) in [5.74, 6) is 0.566. The molecule has 4 nitrogen and oxygen atoms in total. The predicted octanol–water partition coefficient (Wildman–Crippen LogP) is 4.64. The van der Waals surface area contributed by atoms with Crippen LogP contribution in [0, 0.1) is 5.92 Å². The molecule has 4 aromatic rings. The van der Waals surface area contributed by atoms with Gasteiger partial charge >= 0.3 is 0 Å². The molecule has 0 aliphatic rings. The first-order valence-electron chi connectivity index (χ1n) is 7.79. The van der Waals surface area contributed by atoms with Gasteiger partial charge in [0.25, 0.3) is 0 Å². The number of para-hydroxylation sites is 1. The van der Waals surface area contributed by atoms with Crippen LogP contribution in [-0.4, -0.2) is 15.0 Å². The molecule has 0 aliphatic carbocycles. The Kier molecular flexibility index (Phi) is 3.30. The van der Waals surface area contributed by atoms with Crippen molar-refractivity contribution < 1.29 is 4.42 Å². The molecule has 4 rings (SSSR count). The van der Waals surface area contributed by atoms with E-state index >= 15 is 0 Å². The van der Waals surface area contributed by atoms with E-state index < -0.39 is 0 Å². The van der Waals surface area contributed by atoms with E-state index in [1.165, 1.54) is 0 Å². The highest BCUT2D eigenvalue weighted by Gasteiger charge is 2.10. The SMILES string of the molecule is CC(C)Cc1cc(-c2cnc3oc4ccccc4c3c2)ncn1. The number of nitrogens with zero attached hydrogens (tertiary/aromatic N) is 3. The lowest BCUT2D eigenvalue weighted by Gasteiger charge is -2.06. The van der Waals surface area contributed by atoms with Crippen molar-refractivity contribution in [3.8, 4) is 11.3 Å². The van der Waals surface area contributed by atoms with Crippen LogP contribution >= 0.6 is 0 Å². The first kappa shape index (κ1) is 13.9. The van der Waals surface area contributed by atoms with Crippen LogP contribution in [0.4, 0.5) is 0 Å². The van der Waals surface area contributed by atoms with E-state index in [1.807, 2.05) is 30.5 Å². The van der Waals surface area contributed by atoms with Crippen molar-refractivity contribution in [2.45, 2.75) is 20.3 Å². The molecule has 0 radical (unpaired) electrons. The van der Waals surface area contributed by atoms with Crippen molar-refractivity contribution in [3.05, 3.63) is 54.6 Å². The molecule has 0 amide bonds. The summed E-state index contributed by atoms with van der Waals surface area (Å²) < 4.78 is 5.78. The second-order valence-electron chi connectivity index (χ2n) is 6.17. The number of hydrogen-bond donors (Lipinski definition) is 0.